The fourth-order valence-electron chi connectivity index (χ4n) is 3.45. The van der Waals surface area contributed by atoms with Gasteiger partial charge in [0.25, 0.3) is 11.6 Å². The molecule has 0 aromatic heterocycles. The van der Waals surface area contributed by atoms with Gasteiger partial charge in [-0.3, -0.25) is 14.9 Å². The van der Waals surface area contributed by atoms with E-state index in [4.69, 9.17) is 0 Å². The summed E-state index contributed by atoms with van der Waals surface area (Å²) in [7, 11) is 0. The molecular weight excluding hydrogens is 448 g/mol. The van der Waals surface area contributed by atoms with Crippen molar-refractivity contribution in [3.63, 3.8) is 0 Å². The summed E-state index contributed by atoms with van der Waals surface area (Å²) in [5, 5.41) is 15.2. The van der Waals surface area contributed by atoms with E-state index in [9.17, 15) is 14.9 Å². The number of amides is 1. The van der Waals surface area contributed by atoms with Crippen LogP contribution in [0.2, 0.25) is 0 Å². The van der Waals surface area contributed by atoms with Crippen LogP contribution in [0, 0.1) is 10.1 Å². The number of hydrogen-bond acceptors (Lipinski definition) is 6. The summed E-state index contributed by atoms with van der Waals surface area (Å²) in [6, 6.07) is 22.4. The van der Waals surface area contributed by atoms with Crippen molar-refractivity contribution in [3.8, 4) is 0 Å². The normalized spacial score (nSPS) is 10.9. The van der Waals surface area contributed by atoms with E-state index in [2.05, 4.69) is 27.6 Å². The molecule has 0 fully saturated rings. The van der Waals surface area contributed by atoms with Crippen LogP contribution in [0.15, 0.2) is 77.9 Å². The van der Waals surface area contributed by atoms with Gasteiger partial charge < -0.3 is 4.90 Å². The lowest BCUT2D eigenvalue weighted by atomic mass is 10.1. The number of carbonyl (C=O) groups is 1. The van der Waals surface area contributed by atoms with Gasteiger partial charge in [0.2, 0.25) is 0 Å². The van der Waals surface area contributed by atoms with E-state index >= 15 is 0 Å². The molecule has 7 nitrogen and oxygen atoms in total. The lowest BCUT2D eigenvalue weighted by Gasteiger charge is -2.22. The molecule has 0 aliphatic carbocycles. The third-order valence-electron chi connectivity index (χ3n) is 5.29. The van der Waals surface area contributed by atoms with Gasteiger partial charge in [-0.05, 0) is 43.2 Å². The highest BCUT2D eigenvalue weighted by molar-refractivity contribution is 7.97. The fraction of sp³-hybridized carbons (Fsp3) is 0.231. The predicted octanol–water partition coefficient (Wildman–Crippen LogP) is 5.64. The molecule has 0 aliphatic rings. The summed E-state index contributed by atoms with van der Waals surface area (Å²) in [6.45, 7) is 5.52. The summed E-state index contributed by atoms with van der Waals surface area (Å²) < 4.78 is 0. The van der Waals surface area contributed by atoms with Crippen molar-refractivity contribution in [2.45, 2.75) is 25.4 Å². The number of thioether (sulfide) groups is 1. The molecule has 0 atom stereocenters. The SMILES string of the molecule is CCN(CC)c1ccc([N+](=O)[O-])cc1/C=N\NC(=O)c1ccc(CSCc2ccccc2)cc1. The Morgan fingerprint density at radius 1 is 1.00 bits per heavy atom. The van der Waals surface area contributed by atoms with Crippen molar-refractivity contribution in [3.05, 3.63) is 105 Å². The summed E-state index contributed by atoms with van der Waals surface area (Å²) in [6.07, 6.45) is 1.45. The van der Waals surface area contributed by atoms with Crippen LogP contribution in [-0.2, 0) is 11.5 Å². The molecule has 0 heterocycles. The maximum absolute atomic E-state index is 12.5. The Hall–Kier alpha value is -3.65. The summed E-state index contributed by atoms with van der Waals surface area (Å²) in [5.41, 5.74) is 6.82. The lowest BCUT2D eigenvalue weighted by molar-refractivity contribution is -0.384. The van der Waals surface area contributed by atoms with Crippen molar-refractivity contribution in [2.24, 2.45) is 5.10 Å². The zero-order chi connectivity index (χ0) is 24.3. The lowest BCUT2D eigenvalue weighted by Crippen LogP contribution is -2.23. The van der Waals surface area contributed by atoms with Crippen molar-refractivity contribution in [1.29, 1.82) is 0 Å². The molecule has 3 aromatic rings. The third-order valence-corrected chi connectivity index (χ3v) is 6.37. The van der Waals surface area contributed by atoms with Crippen molar-refractivity contribution in [1.82, 2.24) is 5.43 Å². The number of nitrogens with zero attached hydrogens (tertiary/aromatic N) is 3. The molecule has 0 spiro atoms. The van der Waals surface area contributed by atoms with Crippen LogP contribution in [0.3, 0.4) is 0 Å². The minimum Gasteiger partial charge on any atom is -0.372 e. The van der Waals surface area contributed by atoms with Crippen molar-refractivity contribution in [2.75, 3.05) is 18.0 Å². The zero-order valence-corrected chi connectivity index (χ0v) is 20.1. The first-order valence-electron chi connectivity index (χ1n) is 11.1. The molecule has 176 valence electrons. The van der Waals surface area contributed by atoms with Crippen LogP contribution in [0.25, 0.3) is 0 Å². The molecule has 0 saturated carbocycles. The molecule has 0 saturated heterocycles. The van der Waals surface area contributed by atoms with E-state index in [1.54, 1.807) is 18.2 Å². The molecule has 1 amide bonds. The fourth-order valence-corrected chi connectivity index (χ4v) is 4.41. The largest absolute Gasteiger partial charge is 0.372 e. The number of benzene rings is 3. The summed E-state index contributed by atoms with van der Waals surface area (Å²) in [4.78, 5) is 25.3. The molecule has 0 bridgehead atoms. The van der Waals surface area contributed by atoms with Gasteiger partial charge in [-0.15, -0.1) is 0 Å². The number of anilines is 1. The van der Waals surface area contributed by atoms with Crippen molar-refractivity contribution < 1.29 is 9.72 Å². The van der Waals surface area contributed by atoms with Crippen LogP contribution >= 0.6 is 11.8 Å². The Kier molecular flexibility index (Phi) is 9.22. The Morgan fingerprint density at radius 2 is 1.65 bits per heavy atom. The van der Waals surface area contributed by atoms with E-state index < -0.39 is 4.92 Å². The Balaban J connectivity index is 1.61. The van der Waals surface area contributed by atoms with Crippen molar-refractivity contribution >= 4 is 35.3 Å². The second-order valence-corrected chi connectivity index (χ2v) is 8.53. The van der Waals surface area contributed by atoms with Gasteiger partial charge in [0.15, 0.2) is 0 Å². The molecular formula is C26H28N4O3S. The first-order chi connectivity index (χ1) is 16.5. The molecule has 0 radical (unpaired) electrons. The number of carbonyl (C=O) groups excluding carboxylic acids is 1. The molecule has 1 N–H and O–H groups in total. The molecule has 3 aromatic carbocycles. The van der Waals surface area contributed by atoms with Crippen LogP contribution in [0.1, 0.15) is 40.9 Å². The maximum Gasteiger partial charge on any atom is 0.271 e. The zero-order valence-electron chi connectivity index (χ0n) is 19.3. The molecule has 34 heavy (non-hydrogen) atoms. The highest BCUT2D eigenvalue weighted by Crippen LogP contribution is 2.24. The predicted molar refractivity (Wildman–Crippen MR) is 140 cm³/mol. The molecule has 0 unspecified atom stereocenters. The van der Waals surface area contributed by atoms with Gasteiger partial charge in [-0.1, -0.05) is 42.5 Å². The van der Waals surface area contributed by atoms with E-state index in [-0.39, 0.29) is 11.6 Å². The van der Waals surface area contributed by atoms with Gasteiger partial charge in [0.1, 0.15) is 0 Å². The highest BCUT2D eigenvalue weighted by atomic mass is 32.2. The van der Waals surface area contributed by atoms with Crippen LogP contribution in [-0.4, -0.2) is 30.1 Å². The maximum atomic E-state index is 12.5. The molecule has 0 aliphatic heterocycles. The highest BCUT2D eigenvalue weighted by Gasteiger charge is 2.13. The Bertz CT molecular complexity index is 1130. The van der Waals surface area contributed by atoms with E-state index in [1.165, 1.54) is 23.9 Å². The molecule has 8 heteroatoms. The smallest absolute Gasteiger partial charge is 0.271 e. The Morgan fingerprint density at radius 3 is 2.26 bits per heavy atom. The number of rotatable bonds is 11. The first kappa shape index (κ1) is 25.0. The number of nitro benzene ring substituents is 1. The van der Waals surface area contributed by atoms with E-state index in [0.717, 1.165) is 35.8 Å². The van der Waals surface area contributed by atoms with Crippen LogP contribution < -0.4 is 10.3 Å². The quantitative estimate of drug-likeness (QED) is 0.220. The standard InChI is InChI=1S/C26H28N4O3S/c1-3-29(4-2)25-15-14-24(30(32)33)16-23(25)17-27-28-26(31)22-12-10-21(11-13-22)19-34-18-20-8-6-5-7-9-20/h5-17H,3-4,18-19H2,1-2H3,(H,28,31)/b27-17-. The second kappa shape index (κ2) is 12.6. The third kappa shape index (κ3) is 6.92. The summed E-state index contributed by atoms with van der Waals surface area (Å²) >= 11 is 1.82. The second-order valence-electron chi connectivity index (χ2n) is 7.55. The topological polar surface area (TPSA) is 87.8 Å². The number of nitrogens with one attached hydrogen (secondary N) is 1. The van der Waals surface area contributed by atoms with Gasteiger partial charge >= 0.3 is 0 Å². The molecule has 3 rings (SSSR count). The number of hydrazone groups is 1. The van der Waals surface area contributed by atoms with Crippen LogP contribution in [0.4, 0.5) is 11.4 Å². The number of nitro groups is 1. The van der Waals surface area contributed by atoms with E-state index in [0.29, 0.717) is 11.1 Å². The first-order valence-corrected chi connectivity index (χ1v) is 12.2. The summed E-state index contributed by atoms with van der Waals surface area (Å²) in [5.74, 6) is 1.45. The monoisotopic (exact) mass is 476 g/mol. The average molecular weight is 477 g/mol. The number of non-ortho nitro benzene ring substituents is 1. The van der Waals surface area contributed by atoms with Gasteiger partial charge in [-0.2, -0.15) is 16.9 Å². The average Bonchev–Trinajstić information content (AvgIpc) is 2.86. The van der Waals surface area contributed by atoms with Gasteiger partial charge in [0.05, 0.1) is 11.1 Å². The van der Waals surface area contributed by atoms with E-state index in [1.807, 2.05) is 55.9 Å². The van der Waals surface area contributed by atoms with Crippen LogP contribution in [0.5, 0.6) is 0 Å². The minimum absolute atomic E-state index is 0.0237. The van der Waals surface area contributed by atoms with Gasteiger partial charge in [-0.25, -0.2) is 5.43 Å². The number of hydrogen-bond donors (Lipinski definition) is 1. The van der Waals surface area contributed by atoms with Gasteiger partial charge in [0, 0.05) is 53.5 Å². The minimum atomic E-state index is -0.443. The Labute approximate surface area is 204 Å².